The summed E-state index contributed by atoms with van der Waals surface area (Å²) in [4.78, 5) is 29.2. The fraction of sp³-hybridized carbons (Fsp3) is 0.350. The molecule has 2 aromatic rings. The van der Waals surface area contributed by atoms with Gasteiger partial charge in [0.05, 0.1) is 34.2 Å². The SMILES string of the molecule is O=C(O)C=Cc1csc(SCC(=O)NCC2CN(Cc3ccc(Cl)c(Cl)c3)CCO2)n1. The van der Waals surface area contributed by atoms with Crippen LogP contribution in [0.4, 0.5) is 0 Å². The van der Waals surface area contributed by atoms with E-state index in [1.807, 2.05) is 12.1 Å². The Morgan fingerprint density at radius 3 is 3.00 bits per heavy atom. The number of aromatic nitrogens is 1. The molecule has 0 radical (unpaired) electrons. The first-order chi connectivity index (χ1) is 14.9. The second kappa shape index (κ2) is 11.8. The van der Waals surface area contributed by atoms with E-state index in [-0.39, 0.29) is 17.8 Å². The number of ether oxygens (including phenoxy) is 1. The summed E-state index contributed by atoms with van der Waals surface area (Å²) in [5.74, 6) is -0.898. The number of thiazole rings is 1. The van der Waals surface area contributed by atoms with Gasteiger partial charge in [0, 0.05) is 37.6 Å². The number of carbonyl (C=O) groups excluding carboxylic acids is 1. The van der Waals surface area contributed by atoms with Gasteiger partial charge in [-0.25, -0.2) is 9.78 Å². The number of hydrogen-bond donors (Lipinski definition) is 2. The molecule has 1 fully saturated rings. The second-order valence-electron chi connectivity index (χ2n) is 6.78. The van der Waals surface area contributed by atoms with Gasteiger partial charge in [-0.3, -0.25) is 9.69 Å². The summed E-state index contributed by atoms with van der Waals surface area (Å²) in [7, 11) is 0. The molecule has 1 aromatic carbocycles. The zero-order valence-corrected chi connectivity index (χ0v) is 19.6. The van der Waals surface area contributed by atoms with Crippen LogP contribution in [0, 0.1) is 0 Å². The lowest BCUT2D eigenvalue weighted by molar-refractivity contribution is -0.131. The number of morpholine rings is 1. The summed E-state index contributed by atoms with van der Waals surface area (Å²) in [5, 5.41) is 14.4. The van der Waals surface area contributed by atoms with Crippen molar-refractivity contribution in [2.75, 3.05) is 32.0 Å². The second-order valence-corrected chi connectivity index (χ2v) is 9.67. The molecule has 1 aliphatic rings. The number of halogens is 2. The minimum absolute atomic E-state index is 0.0851. The molecule has 1 amide bonds. The number of carbonyl (C=O) groups is 2. The molecule has 7 nitrogen and oxygen atoms in total. The van der Waals surface area contributed by atoms with Gasteiger partial charge < -0.3 is 15.2 Å². The number of thioether (sulfide) groups is 1. The first kappa shape index (κ1) is 24.0. The van der Waals surface area contributed by atoms with Gasteiger partial charge in [0.2, 0.25) is 5.91 Å². The van der Waals surface area contributed by atoms with Gasteiger partial charge >= 0.3 is 5.97 Å². The molecule has 3 rings (SSSR count). The Kier molecular flexibility index (Phi) is 9.18. The van der Waals surface area contributed by atoms with Gasteiger partial charge in [0.25, 0.3) is 0 Å². The number of carboxylic acids is 1. The predicted molar refractivity (Wildman–Crippen MR) is 124 cm³/mol. The Balaban J connectivity index is 1.39. The molecule has 0 aliphatic carbocycles. The van der Waals surface area contributed by atoms with Crippen molar-refractivity contribution in [3.63, 3.8) is 0 Å². The maximum absolute atomic E-state index is 12.2. The van der Waals surface area contributed by atoms with Crippen molar-refractivity contribution in [3.05, 3.63) is 51.0 Å². The van der Waals surface area contributed by atoms with Crippen LogP contribution >= 0.6 is 46.3 Å². The highest BCUT2D eigenvalue weighted by Gasteiger charge is 2.21. The summed E-state index contributed by atoms with van der Waals surface area (Å²) >= 11 is 14.8. The van der Waals surface area contributed by atoms with Crippen LogP contribution in [-0.4, -0.2) is 65.0 Å². The van der Waals surface area contributed by atoms with Crippen molar-refractivity contribution >= 4 is 64.3 Å². The molecule has 0 spiro atoms. The van der Waals surface area contributed by atoms with Crippen LogP contribution in [0.2, 0.25) is 10.0 Å². The van der Waals surface area contributed by atoms with E-state index in [4.69, 9.17) is 33.0 Å². The Hall–Kier alpha value is -1.62. The lowest BCUT2D eigenvalue weighted by Gasteiger charge is -2.33. The van der Waals surface area contributed by atoms with Gasteiger partial charge in [0.15, 0.2) is 4.34 Å². The third-order valence-corrected chi connectivity index (χ3v) is 7.14. The first-order valence-electron chi connectivity index (χ1n) is 9.43. The number of carboxylic acid groups (broad SMARTS) is 1. The molecule has 2 N–H and O–H groups in total. The normalized spacial score (nSPS) is 17.2. The maximum Gasteiger partial charge on any atom is 0.328 e. The summed E-state index contributed by atoms with van der Waals surface area (Å²) in [6.45, 7) is 3.29. The number of benzene rings is 1. The molecule has 1 saturated heterocycles. The monoisotopic (exact) mass is 501 g/mol. The molecule has 2 heterocycles. The van der Waals surface area contributed by atoms with E-state index < -0.39 is 5.97 Å². The molecule has 1 aromatic heterocycles. The third kappa shape index (κ3) is 8.10. The zero-order valence-electron chi connectivity index (χ0n) is 16.4. The van der Waals surface area contributed by atoms with Crippen LogP contribution in [0.5, 0.6) is 0 Å². The highest BCUT2D eigenvalue weighted by molar-refractivity contribution is 8.01. The Bertz CT molecular complexity index is 954. The molecule has 11 heteroatoms. The molecule has 1 aliphatic heterocycles. The molecular weight excluding hydrogens is 481 g/mol. The van der Waals surface area contributed by atoms with Crippen molar-refractivity contribution in [3.8, 4) is 0 Å². The highest BCUT2D eigenvalue weighted by Crippen LogP contribution is 2.24. The molecule has 0 saturated carbocycles. The average Bonchev–Trinajstić information content (AvgIpc) is 3.20. The zero-order chi connectivity index (χ0) is 22.2. The number of hydrogen-bond acceptors (Lipinski definition) is 7. The molecule has 1 unspecified atom stereocenters. The van der Waals surface area contributed by atoms with Crippen molar-refractivity contribution in [2.24, 2.45) is 0 Å². The Labute approximate surface area is 198 Å². The van der Waals surface area contributed by atoms with E-state index in [2.05, 4.69) is 15.2 Å². The highest BCUT2D eigenvalue weighted by atomic mass is 35.5. The number of nitrogens with one attached hydrogen (secondary N) is 1. The number of aliphatic carboxylic acids is 1. The Morgan fingerprint density at radius 1 is 1.39 bits per heavy atom. The van der Waals surface area contributed by atoms with Crippen molar-refractivity contribution in [2.45, 2.75) is 17.0 Å². The third-order valence-electron chi connectivity index (χ3n) is 4.36. The smallest absolute Gasteiger partial charge is 0.328 e. The van der Waals surface area contributed by atoms with Crippen molar-refractivity contribution < 1.29 is 19.4 Å². The van der Waals surface area contributed by atoms with Crippen LogP contribution in [-0.2, 0) is 20.9 Å². The minimum Gasteiger partial charge on any atom is -0.478 e. The van der Waals surface area contributed by atoms with Gasteiger partial charge in [-0.05, 0) is 23.8 Å². The van der Waals surface area contributed by atoms with Crippen molar-refractivity contribution in [1.82, 2.24) is 15.2 Å². The van der Waals surface area contributed by atoms with E-state index in [0.29, 0.717) is 39.8 Å². The van der Waals surface area contributed by atoms with Crippen LogP contribution < -0.4 is 5.32 Å². The van der Waals surface area contributed by atoms with Crippen LogP contribution in [0.3, 0.4) is 0 Å². The van der Waals surface area contributed by atoms with E-state index in [1.165, 1.54) is 29.2 Å². The molecule has 31 heavy (non-hydrogen) atoms. The fourth-order valence-electron chi connectivity index (χ4n) is 2.92. The van der Waals surface area contributed by atoms with E-state index >= 15 is 0 Å². The predicted octanol–water partition coefficient (Wildman–Crippen LogP) is 3.66. The van der Waals surface area contributed by atoms with E-state index in [1.54, 1.807) is 11.4 Å². The maximum atomic E-state index is 12.2. The summed E-state index contributed by atoms with van der Waals surface area (Å²) < 4.78 is 6.49. The lowest BCUT2D eigenvalue weighted by Crippen LogP contribution is -2.47. The van der Waals surface area contributed by atoms with Crippen LogP contribution in [0.15, 0.2) is 34.0 Å². The molecule has 166 valence electrons. The Morgan fingerprint density at radius 2 is 2.23 bits per heavy atom. The largest absolute Gasteiger partial charge is 0.478 e. The van der Waals surface area contributed by atoms with Crippen molar-refractivity contribution in [1.29, 1.82) is 0 Å². The fourth-order valence-corrected chi connectivity index (χ4v) is 4.87. The molecule has 0 bridgehead atoms. The quantitative estimate of drug-likeness (QED) is 0.400. The van der Waals surface area contributed by atoms with E-state index in [9.17, 15) is 9.59 Å². The summed E-state index contributed by atoms with van der Waals surface area (Å²) in [6.07, 6.45) is 2.37. The minimum atomic E-state index is -1.03. The standard InChI is InChI=1S/C20H21Cl2N3O4S2/c21-16-3-1-13(7-17(16)22)9-25-5-6-29-15(10-25)8-23-18(26)12-31-20-24-14(11-30-20)2-4-19(27)28/h1-4,7,11,15H,5-6,8-10,12H2,(H,23,26)(H,27,28). The number of rotatable bonds is 9. The van der Waals surface area contributed by atoms with Crippen LogP contribution in [0.1, 0.15) is 11.3 Å². The molecular formula is C20H21Cl2N3O4S2. The van der Waals surface area contributed by atoms with Gasteiger partial charge in [-0.15, -0.1) is 11.3 Å². The summed E-state index contributed by atoms with van der Waals surface area (Å²) in [6, 6.07) is 5.62. The van der Waals surface area contributed by atoms with Gasteiger partial charge in [-0.2, -0.15) is 0 Å². The topological polar surface area (TPSA) is 91.8 Å². The summed E-state index contributed by atoms with van der Waals surface area (Å²) in [5.41, 5.74) is 1.64. The van der Waals surface area contributed by atoms with Gasteiger partial charge in [0.1, 0.15) is 0 Å². The first-order valence-corrected chi connectivity index (χ1v) is 12.0. The lowest BCUT2D eigenvalue weighted by atomic mass is 10.2. The number of nitrogens with zero attached hydrogens (tertiary/aromatic N) is 2. The number of amides is 1. The van der Waals surface area contributed by atoms with E-state index in [0.717, 1.165) is 24.7 Å². The average molecular weight is 502 g/mol. The van der Waals surface area contributed by atoms with Gasteiger partial charge in [-0.1, -0.05) is 41.0 Å². The van der Waals surface area contributed by atoms with Crippen LogP contribution in [0.25, 0.3) is 6.08 Å². The molecule has 1 atom stereocenters.